The minimum atomic E-state index is -1.29. The molecule has 2 aromatic rings. The number of carboxylic acids is 1. The summed E-state index contributed by atoms with van der Waals surface area (Å²) in [5.74, 6) is 2.11. The predicted molar refractivity (Wildman–Crippen MR) is 85.0 cm³/mol. The summed E-state index contributed by atoms with van der Waals surface area (Å²) in [5, 5.41) is 9.07. The Bertz CT molecular complexity index is 845. The van der Waals surface area contributed by atoms with E-state index in [1.807, 2.05) is 0 Å². The topological polar surface area (TPSA) is 77.8 Å². The molecule has 0 radical (unpaired) electrons. The number of hydrogen-bond donors (Lipinski definition) is 1. The van der Waals surface area contributed by atoms with Crippen LogP contribution in [-0.4, -0.2) is 29.9 Å². The van der Waals surface area contributed by atoms with E-state index in [2.05, 4.69) is 5.92 Å². The third kappa shape index (κ3) is 3.04. The summed E-state index contributed by atoms with van der Waals surface area (Å²) >= 11 is 0. The molecule has 1 aromatic carbocycles. The van der Waals surface area contributed by atoms with E-state index in [4.69, 9.17) is 21.0 Å². The number of carbonyl (C=O) groups is 1. The van der Waals surface area contributed by atoms with Crippen molar-refractivity contribution in [1.29, 1.82) is 0 Å². The number of ether oxygens (including phenoxy) is 2. The first-order valence-electron chi connectivity index (χ1n) is 6.66. The van der Waals surface area contributed by atoms with Crippen LogP contribution in [0.25, 0.3) is 11.3 Å². The monoisotopic (exact) mass is 313 g/mol. The highest BCUT2D eigenvalue weighted by Crippen LogP contribution is 2.31. The Morgan fingerprint density at radius 1 is 1.22 bits per heavy atom. The molecule has 23 heavy (non-hydrogen) atoms. The molecule has 6 heteroatoms. The number of pyridine rings is 1. The molecule has 0 atom stereocenters. The lowest BCUT2D eigenvalue weighted by atomic mass is 10.1. The fraction of sp³-hybridized carbons (Fsp3) is 0.176. The van der Waals surface area contributed by atoms with Crippen molar-refractivity contribution in [3.63, 3.8) is 0 Å². The number of terminal acetylenes is 1. The van der Waals surface area contributed by atoms with E-state index in [0.717, 1.165) is 0 Å². The number of nitrogens with zero attached hydrogens (tertiary/aromatic N) is 1. The number of rotatable bonds is 5. The minimum Gasteiger partial charge on any atom is -0.493 e. The van der Waals surface area contributed by atoms with Gasteiger partial charge in [-0.3, -0.25) is 9.36 Å². The zero-order chi connectivity index (χ0) is 17.0. The minimum absolute atomic E-state index is 0.0381. The fourth-order valence-electron chi connectivity index (χ4n) is 2.24. The smallest absolute Gasteiger partial charge is 0.341 e. The summed E-state index contributed by atoms with van der Waals surface area (Å²) in [6.07, 6.45) is 5.30. The third-order valence-corrected chi connectivity index (χ3v) is 3.33. The average Bonchev–Trinajstić information content (AvgIpc) is 2.55. The average molecular weight is 313 g/mol. The lowest BCUT2D eigenvalue weighted by Crippen LogP contribution is -2.27. The van der Waals surface area contributed by atoms with Crippen LogP contribution in [0.2, 0.25) is 0 Å². The lowest BCUT2D eigenvalue weighted by Gasteiger charge is -2.14. The second kappa shape index (κ2) is 6.71. The van der Waals surface area contributed by atoms with E-state index < -0.39 is 11.5 Å². The summed E-state index contributed by atoms with van der Waals surface area (Å²) in [5.41, 5.74) is 0.179. The summed E-state index contributed by atoms with van der Waals surface area (Å²) in [6.45, 7) is -0.0381. The Morgan fingerprint density at radius 2 is 1.91 bits per heavy atom. The van der Waals surface area contributed by atoms with E-state index in [9.17, 15) is 9.59 Å². The third-order valence-electron chi connectivity index (χ3n) is 3.33. The molecule has 1 heterocycles. The van der Waals surface area contributed by atoms with Gasteiger partial charge in [-0.05, 0) is 30.3 Å². The van der Waals surface area contributed by atoms with Crippen molar-refractivity contribution in [2.45, 2.75) is 6.54 Å². The molecular weight excluding hydrogens is 298 g/mol. The van der Waals surface area contributed by atoms with Gasteiger partial charge in [-0.1, -0.05) is 5.92 Å². The van der Waals surface area contributed by atoms with Crippen LogP contribution < -0.4 is 15.0 Å². The van der Waals surface area contributed by atoms with Gasteiger partial charge in [-0.2, -0.15) is 0 Å². The molecule has 0 aliphatic heterocycles. The van der Waals surface area contributed by atoms with E-state index in [1.54, 1.807) is 24.3 Å². The van der Waals surface area contributed by atoms with E-state index in [1.165, 1.54) is 24.9 Å². The largest absolute Gasteiger partial charge is 0.493 e. The van der Waals surface area contributed by atoms with Gasteiger partial charge in [-0.15, -0.1) is 6.42 Å². The van der Waals surface area contributed by atoms with Gasteiger partial charge in [0.15, 0.2) is 11.5 Å². The molecule has 0 amide bonds. The van der Waals surface area contributed by atoms with Gasteiger partial charge in [0, 0.05) is 5.56 Å². The number of carboxylic acid groups (broad SMARTS) is 1. The van der Waals surface area contributed by atoms with Crippen LogP contribution >= 0.6 is 0 Å². The molecule has 118 valence electrons. The summed E-state index contributed by atoms with van der Waals surface area (Å²) < 4.78 is 11.7. The Balaban J connectivity index is 2.69. The molecule has 0 saturated carbocycles. The molecular formula is C17H15NO5. The quantitative estimate of drug-likeness (QED) is 0.853. The molecule has 0 aliphatic carbocycles. The van der Waals surface area contributed by atoms with Crippen LogP contribution in [0.4, 0.5) is 0 Å². The van der Waals surface area contributed by atoms with Gasteiger partial charge in [0.05, 0.1) is 26.5 Å². The van der Waals surface area contributed by atoms with Crippen molar-refractivity contribution in [3.8, 4) is 35.1 Å². The maximum atomic E-state index is 12.3. The maximum absolute atomic E-state index is 12.3. The zero-order valence-corrected chi connectivity index (χ0v) is 12.7. The first-order valence-corrected chi connectivity index (χ1v) is 6.66. The molecule has 0 fully saturated rings. The molecule has 0 aliphatic rings. The Kier molecular flexibility index (Phi) is 4.72. The van der Waals surface area contributed by atoms with Crippen molar-refractivity contribution in [2.75, 3.05) is 14.2 Å². The lowest BCUT2D eigenvalue weighted by molar-refractivity contribution is 0.0694. The van der Waals surface area contributed by atoms with Crippen molar-refractivity contribution in [2.24, 2.45) is 0 Å². The number of methoxy groups -OCH3 is 2. The molecule has 1 aromatic heterocycles. The molecule has 6 nitrogen and oxygen atoms in total. The normalized spacial score (nSPS) is 9.96. The summed E-state index contributed by atoms with van der Waals surface area (Å²) in [6, 6.07) is 7.95. The highest BCUT2D eigenvalue weighted by molar-refractivity contribution is 5.87. The molecule has 0 bridgehead atoms. The standard InChI is InChI=1S/C17H15NO5/c1-4-9-18-13(7-6-12(16(18)19)17(20)21)11-5-8-14(22-2)15(10-11)23-3/h1,5-8,10H,9H2,2-3H3,(H,20,21). The van der Waals surface area contributed by atoms with Gasteiger partial charge in [0.1, 0.15) is 5.56 Å². The van der Waals surface area contributed by atoms with Crippen LogP contribution in [0.3, 0.4) is 0 Å². The molecule has 0 saturated heterocycles. The summed E-state index contributed by atoms with van der Waals surface area (Å²) in [4.78, 5) is 23.4. The molecule has 0 spiro atoms. The van der Waals surface area contributed by atoms with Gasteiger partial charge in [-0.25, -0.2) is 4.79 Å². The van der Waals surface area contributed by atoms with E-state index in [0.29, 0.717) is 22.8 Å². The van der Waals surface area contributed by atoms with Crippen LogP contribution in [0, 0.1) is 12.3 Å². The van der Waals surface area contributed by atoms with Gasteiger partial charge in [0.2, 0.25) is 0 Å². The molecule has 0 unspecified atom stereocenters. The highest BCUT2D eigenvalue weighted by atomic mass is 16.5. The first kappa shape index (κ1) is 16.2. The van der Waals surface area contributed by atoms with Gasteiger partial charge < -0.3 is 14.6 Å². The van der Waals surface area contributed by atoms with E-state index in [-0.39, 0.29) is 12.1 Å². The Labute approximate surface area is 132 Å². The SMILES string of the molecule is C#CCn1c(-c2ccc(OC)c(OC)c2)ccc(C(=O)O)c1=O. The van der Waals surface area contributed by atoms with Crippen molar-refractivity contribution >= 4 is 5.97 Å². The number of aromatic nitrogens is 1. The Hall–Kier alpha value is -3.20. The predicted octanol–water partition coefficient (Wildman–Crippen LogP) is 1.86. The van der Waals surface area contributed by atoms with Crippen molar-refractivity contribution in [1.82, 2.24) is 4.57 Å². The number of aromatic carboxylic acids is 1. The summed E-state index contributed by atoms with van der Waals surface area (Å²) in [7, 11) is 3.02. The number of hydrogen-bond acceptors (Lipinski definition) is 4. The second-order valence-electron chi connectivity index (χ2n) is 4.60. The van der Waals surface area contributed by atoms with Crippen molar-refractivity contribution in [3.05, 3.63) is 46.2 Å². The molecule has 1 N–H and O–H groups in total. The van der Waals surface area contributed by atoms with Crippen molar-refractivity contribution < 1.29 is 19.4 Å². The number of benzene rings is 1. The van der Waals surface area contributed by atoms with Crippen LogP contribution in [0.15, 0.2) is 35.1 Å². The van der Waals surface area contributed by atoms with E-state index >= 15 is 0 Å². The van der Waals surface area contributed by atoms with Crippen LogP contribution in [0.5, 0.6) is 11.5 Å². The fourth-order valence-corrected chi connectivity index (χ4v) is 2.24. The maximum Gasteiger partial charge on any atom is 0.341 e. The Morgan fingerprint density at radius 3 is 2.48 bits per heavy atom. The van der Waals surface area contributed by atoms with Crippen LogP contribution in [0.1, 0.15) is 10.4 Å². The van der Waals surface area contributed by atoms with Crippen LogP contribution in [-0.2, 0) is 6.54 Å². The first-order chi connectivity index (χ1) is 11.0. The van der Waals surface area contributed by atoms with Gasteiger partial charge >= 0.3 is 5.97 Å². The zero-order valence-electron chi connectivity index (χ0n) is 12.7. The molecule has 2 rings (SSSR count). The highest BCUT2D eigenvalue weighted by Gasteiger charge is 2.15. The van der Waals surface area contributed by atoms with Gasteiger partial charge in [0.25, 0.3) is 5.56 Å². The second-order valence-corrected chi connectivity index (χ2v) is 4.60.